The van der Waals surface area contributed by atoms with Crippen LogP contribution in [0.1, 0.15) is 64.4 Å². The van der Waals surface area contributed by atoms with E-state index in [0.717, 1.165) is 54.2 Å². The molecular weight excluding hydrogens is 535 g/mol. The Morgan fingerprint density at radius 1 is 1.12 bits per heavy atom. The highest BCUT2D eigenvalue weighted by atomic mass is 19.1. The summed E-state index contributed by atoms with van der Waals surface area (Å²) in [6.07, 6.45) is 4.97. The predicted molar refractivity (Wildman–Crippen MR) is 152 cm³/mol. The largest absolute Gasteiger partial charge is 0.473 e. The van der Waals surface area contributed by atoms with E-state index in [-0.39, 0.29) is 23.9 Å². The standard InChI is InChI=1S/C32H29FN6O3/c1-21(40)24-7-8-29-30(14-24)39(17-26-16-35-20-42-26)31(36-29)18-38-11-9-23(10-12-38)28-3-2-4-32(37-28)41-19-25-6-5-22(15-34)13-27(25)33/h2-8,13-14,16,20,23H,9-12,17-19H2,1H3. The molecule has 0 amide bonds. The molecule has 0 radical (unpaired) electrons. The van der Waals surface area contributed by atoms with Crippen molar-refractivity contribution in [2.24, 2.45) is 0 Å². The van der Waals surface area contributed by atoms with Gasteiger partial charge in [0.25, 0.3) is 0 Å². The number of carbonyl (C=O) groups is 1. The number of imidazole rings is 1. The minimum absolute atomic E-state index is 0.0115. The quantitative estimate of drug-likeness (QED) is 0.212. The number of ether oxygens (including phenoxy) is 1. The molecule has 0 atom stereocenters. The van der Waals surface area contributed by atoms with Crippen LogP contribution in [0.4, 0.5) is 4.39 Å². The molecular formula is C32H29FN6O3. The molecule has 4 heterocycles. The number of carbonyl (C=O) groups excluding carboxylic acids is 1. The van der Waals surface area contributed by atoms with Crippen molar-refractivity contribution in [3.8, 4) is 11.9 Å². The van der Waals surface area contributed by atoms with Crippen LogP contribution in [0.15, 0.2) is 71.6 Å². The number of ketones is 1. The van der Waals surface area contributed by atoms with Gasteiger partial charge in [-0.3, -0.25) is 9.69 Å². The first-order valence-corrected chi connectivity index (χ1v) is 13.8. The van der Waals surface area contributed by atoms with Crippen molar-refractivity contribution in [1.29, 1.82) is 5.26 Å². The van der Waals surface area contributed by atoms with Gasteiger partial charge in [-0.15, -0.1) is 0 Å². The fourth-order valence-corrected chi connectivity index (χ4v) is 5.38. The van der Waals surface area contributed by atoms with E-state index >= 15 is 0 Å². The van der Waals surface area contributed by atoms with Gasteiger partial charge in [0.1, 0.15) is 24.0 Å². The number of likely N-dealkylation sites (tertiary alicyclic amines) is 1. The zero-order valence-electron chi connectivity index (χ0n) is 23.2. The number of halogens is 1. The molecule has 42 heavy (non-hydrogen) atoms. The molecule has 0 unspecified atom stereocenters. The fourth-order valence-electron chi connectivity index (χ4n) is 5.38. The molecule has 0 N–H and O–H groups in total. The Labute approximate surface area is 242 Å². The molecule has 0 aliphatic carbocycles. The summed E-state index contributed by atoms with van der Waals surface area (Å²) in [6, 6.07) is 17.6. The molecule has 3 aromatic heterocycles. The third-order valence-corrected chi connectivity index (χ3v) is 7.70. The van der Waals surface area contributed by atoms with Gasteiger partial charge < -0.3 is 13.7 Å². The highest BCUT2D eigenvalue weighted by Gasteiger charge is 2.24. The van der Waals surface area contributed by atoms with E-state index in [1.54, 1.807) is 31.3 Å². The molecule has 5 aromatic rings. The zero-order chi connectivity index (χ0) is 29.1. The van der Waals surface area contributed by atoms with Crippen LogP contribution in [0.25, 0.3) is 11.0 Å². The van der Waals surface area contributed by atoms with Crippen molar-refractivity contribution >= 4 is 16.8 Å². The predicted octanol–water partition coefficient (Wildman–Crippen LogP) is 5.64. The van der Waals surface area contributed by atoms with E-state index in [4.69, 9.17) is 24.4 Å². The second-order valence-corrected chi connectivity index (χ2v) is 10.5. The Balaban J connectivity index is 1.12. The number of fused-ring (bicyclic) bond motifs is 1. The lowest BCUT2D eigenvalue weighted by atomic mass is 9.93. The number of aromatic nitrogens is 4. The van der Waals surface area contributed by atoms with E-state index in [0.29, 0.717) is 30.1 Å². The molecule has 2 aromatic carbocycles. The Hall–Kier alpha value is -4.88. The highest BCUT2D eigenvalue weighted by molar-refractivity contribution is 5.97. The molecule has 0 spiro atoms. The van der Waals surface area contributed by atoms with Crippen LogP contribution < -0.4 is 4.74 Å². The number of nitriles is 1. The van der Waals surface area contributed by atoms with Crippen LogP contribution in [-0.2, 0) is 19.7 Å². The first kappa shape index (κ1) is 27.3. The van der Waals surface area contributed by atoms with Crippen LogP contribution >= 0.6 is 0 Å². The van der Waals surface area contributed by atoms with Gasteiger partial charge in [0.15, 0.2) is 12.2 Å². The lowest BCUT2D eigenvalue weighted by Gasteiger charge is -2.31. The molecule has 0 bridgehead atoms. The van der Waals surface area contributed by atoms with Crippen molar-refractivity contribution in [3.05, 3.63) is 107 Å². The summed E-state index contributed by atoms with van der Waals surface area (Å²) in [7, 11) is 0. The van der Waals surface area contributed by atoms with Crippen LogP contribution in [-0.4, -0.2) is 43.3 Å². The number of rotatable bonds is 9. The minimum atomic E-state index is -0.466. The summed E-state index contributed by atoms with van der Waals surface area (Å²) >= 11 is 0. The maximum atomic E-state index is 14.2. The molecule has 212 valence electrons. The van der Waals surface area contributed by atoms with Gasteiger partial charge in [-0.1, -0.05) is 12.1 Å². The van der Waals surface area contributed by atoms with Crippen molar-refractivity contribution in [2.45, 2.75) is 45.4 Å². The monoisotopic (exact) mass is 564 g/mol. The number of benzene rings is 2. The highest BCUT2D eigenvalue weighted by Crippen LogP contribution is 2.29. The molecule has 1 aliphatic heterocycles. The first-order chi connectivity index (χ1) is 20.5. The molecule has 1 saturated heterocycles. The summed E-state index contributed by atoms with van der Waals surface area (Å²) < 4.78 is 27.7. The van der Waals surface area contributed by atoms with Crippen LogP contribution in [0, 0.1) is 17.1 Å². The summed E-state index contributed by atoms with van der Waals surface area (Å²) in [4.78, 5) is 28.1. The van der Waals surface area contributed by atoms with E-state index in [1.165, 1.54) is 12.5 Å². The molecule has 6 rings (SSSR count). The Bertz CT molecular complexity index is 1770. The fraction of sp³-hybridized carbons (Fsp3) is 0.281. The van der Waals surface area contributed by atoms with Gasteiger partial charge in [0.2, 0.25) is 5.88 Å². The van der Waals surface area contributed by atoms with Gasteiger partial charge in [0.05, 0.1) is 42.0 Å². The van der Waals surface area contributed by atoms with Gasteiger partial charge in [0, 0.05) is 28.8 Å². The van der Waals surface area contributed by atoms with E-state index in [1.807, 2.05) is 36.4 Å². The van der Waals surface area contributed by atoms with Gasteiger partial charge in [-0.05, 0) is 69.3 Å². The van der Waals surface area contributed by atoms with Gasteiger partial charge >= 0.3 is 0 Å². The zero-order valence-corrected chi connectivity index (χ0v) is 23.2. The van der Waals surface area contributed by atoms with Crippen molar-refractivity contribution in [3.63, 3.8) is 0 Å². The van der Waals surface area contributed by atoms with Crippen molar-refractivity contribution in [1.82, 2.24) is 24.4 Å². The van der Waals surface area contributed by atoms with E-state index < -0.39 is 5.82 Å². The maximum absolute atomic E-state index is 14.2. The molecule has 10 heteroatoms. The molecule has 1 fully saturated rings. The molecule has 9 nitrogen and oxygen atoms in total. The van der Waals surface area contributed by atoms with E-state index in [9.17, 15) is 9.18 Å². The lowest BCUT2D eigenvalue weighted by molar-refractivity contribution is 0.101. The normalized spacial score (nSPS) is 14.2. The Morgan fingerprint density at radius 2 is 1.98 bits per heavy atom. The number of nitrogens with zero attached hydrogens (tertiary/aromatic N) is 6. The Morgan fingerprint density at radius 3 is 2.71 bits per heavy atom. The minimum Gasteiger partial charge on any atom is -0.473 e. The first-order valence-electron chi connectivity index (χ1n) is 13.8. The second kappa shape index (κ2) is 11.9. The maximum Gasteiger partial charge on any atom is 0.213 e. The molecule has 1 aliphatic rings. The second-order valence-electron chi connectivity index (χ2n) is 10.5. The average molecular weight is 565 g/mol. The number of hydrogen-bond acceptors (Lipinski definition) is 8. The van der Waals surface area contributed by atoms with Gasteiger partial charge in [-0.2, -0.15) is 5.26 Å². The van der Waals surface area contributed by atoms with Gasteiger partial charge in [-0.25, -0.2) is 19.3 Å². The number of Topliss-reactive ketones (excluding diaryl/α,β-unsaturated/α-hetero) is 1. The third kappa shape index (κ3) is 5.92. The number of piperidine rings is 1. The smallest absolute Gasteiger partial charge is 0.213 e. The summed E-state index contributed by atoms with van der Waals surface area (Å²) in [5, 5.41) is 8.94. The van der Waals surface area contributed by atoms with Crippen LogP contribution in [0.3, 0.4) is 0 Å². The number of pyridine rings is 1. The topological polar surface area (TPSA) is 110 Å². The number of hydrogen-bond donors (Lipinski definition) is 0. The summed E-state index contributed by atoms with van der Waals surface area (Å²) in [5.74, 6) is 1.90. The SMILES string of the molecule is CC(=O)c1ccc2nc(CN3CCC(c4cccc(OCc5ccc(C#N)cc5F)n4)CC3)n(Cc3cnco3)c2c1. The number of oxazole rings is 1. The van der Waals surface area contributed by atoms with Crippen LogP contribution in [0.5, 0.6) is 5.88 Å². The lowest BCUT2D eigenvalue weighted by Crippen LogP contribution is -2.33. The van der Waals surface area contributed by atoms with Crippen LogP contribution in [0.2, 0.25) is 0 Å². The Kier molecular flexibility index (Phi) is 7.75. The average Bonchev–Trinajstić information content (AvgIpc) is 3.65. The molecule has 0 saturated carbocycles. The summed E-state index contributed by atoms with van der Waals surface area (Å²) in [5.41, 5.74) is 3.99. The van der Waals surface area contributed by atoms with Crippen molar-refractivity contribution in [2.75, 3.05) is 13.1 Å². The van der Waals surface area contributed by atoms with Crippen molar-refractivity contribution < 1.29 is 18.3 Å². The summed E-state index contributed by atoms with van der Waals surface area (Å²) in [6.45, 7) is 4.49. The van der Waals surface area contributed by atoms with E-state index in [2.05, 4.69) is 14.5 Å². The third-order valence-electron chi connectivity index (χ3n) is 7.70.